The lowest BCUT2D eigenvalue weighted by Crippen LogP contribution is -2.50. The maximum absolute atomic E-state index is 2.41. The highest BCUT2D eigenvalue weighted by Crippen LogP contribution is 2.32. The maximum Gasteiger partial charge on any atom is 0.105 e. The van der Waals surface area contributed by atoms with Gasteiger partial charge in [-0.3, -0.25) is 0 Å². The highest BCUT2D eigenvalue weighted by atomic mass is 15.4. The third kappa shape index (κ3) is 1.93. The van der Waals surface area contributed by atoms with E-state index in [1.165, 1.54) is 29.4 Å². The van der Waals surface area contributed by atoms with E-state index in [9.17, 15) is 0 Å². The van der Waals surface area contributed by atoms with E-state index in [0.717, 1.165) is 12.1 Å². The Balaban J connectivity index is 2.17. The summed E-state index contributed by atoms with van der Waals surface area (Å²) in [6.07, 6.45) is 2.76. The SMILES string of the molecule is CC1CCC(C)[N+]1(C)Cc1ccccc1. The minimum atomic E-state index is 0.806. The van der Waals surface area contributed by atoms with Crippen molar-refractivity contribution in [1.82, 2.24) is 0 Å². The fraction of sp³-hybridized carbons (Fsp3) is 0.571. The standard InChI is InChI=1S/C14H22N/c1-12-9-10-13(2)15(12,3)11-14-7-5-4-6-8-14/h4-8,12-13H,9-11H2,1-3H3/q+1. The van der Waals surface area contributed by atoms with Gasteiger partial charge in [0, 0.05) is 18.4 Å². The molecule has 0 saturated carbocycles. The van der Waals surface area contributed by atoms with Gasteiger partial charge >= 0.3 is 0 Å². The molecule has 1 aromatic rings. The van der Waals surface area contributed by atoms with E-state index >= 15 is 0 Å². The summed E-state index contributed by atoms with van der Waals surface area (Å²) in [7, 11) is 2.41. The van der Waals surface area contributed by atoms with Gasteiger partial charge in [0.05, 0.1) is 19.1 Å². The van der Waals surface area contributed by atoms with E-state index < -0.39 is 0 Å². The lowest BCUT2D eigenvalue weighted by atomic mass is 10.1. The number of rotatable bonds is 2. The van der Waals surface area contributed by atoms with Crippen molar-refractivity contribution in [3.63, 3.8) is 0 Å². The number of nitrogens with zero attached hydrogens (tertiary/aromatic N) is 1. The van der Waals surface area contributed by atoms with E-state index in [4.69, 9.17) is 0 Å². The molecule has 0 bridgehead atoms. The third-order valence-corrected chi connectivity index (χ3v) is 4.38. The molecule has 0 aliphatic carbocycles. The topological polar surface area (TPSA) is 0 Å². The summed E-state index contributed by atoms with van der Waals surface area (Å²) in [6, 6.07) is 12.5. The molecule has 2 unspecified atom stereocenters. The summed E-state index contributed by atoms with van der Waals surface area (Å²) >= 11 is 0. The Morgan fingerprint density at radius 1 is 1.07 bits per heavy atom. The van der Waals surface area contributed by atoms with Crippen molar-refractivity contribution >= 4 is 0 Å². The van der Waals surface area contributed by atoms with Gasteiger partial charge in [-0.25, -0.2) is 0 Å². The Labute approximate surface area is 93.3 Å². The zero-order valence-electron chi connectivity index (χ0n) is 10.1. The minimum absolute atomic E-state index is 0.806. The van der Waals surface area contributed by atoms with Crippen molar-refractivity contribution in [3.05, 3.63) is 35.9 Å². The average molecular weight is 204 g/mol. The minimum Gasteiger partial charge on any atom is -0.318 e. The van der Waals surface area contributed by atoms with Gasteiger partial charge in [-0.05, 0) is 13.8 Å². The van der Waals surface area contributed by atoms with Crippen LogP contribution in [0.25, 0.3) is 0 Å². The first-order chi connectivity index (χ1) is 7.13. The summed E-state index contributed by atoms with van der Waals surface area (Å²) in [4.78, 5) is 0. The van der Waals surface area contributed by atoms with Gasteiger partial charge in [-0.15, -0.1) is 0 Å². The first-order valence-electron chi connectivity index (χ1n) is 6.02. The molecule has 0 spiro atoms. The van der Waals surface area contributed by atoms with Crippen LogP contribution in [0.5, 0.6) is 0 Å². The monoisotopic (exact) mass is 204 g/mol. The molecule has 1 heteroatoms. The second-order valence-corrected chi connectivity index (χ2v) is 5.27. The van der Waals surface area contributed by atoms with E-state index in [-0.39, 0.29) is 0 Å². The number of benzene rings is 1. The quantitative estimate of drug-likeness (QED) is 0.649. The van der Waals surface area contributed by atoms with Crippen molar-refractivity contribution < 1.29 is 4.48 Å². The zero-order valence-corrected chi connectivity index (χ0v) is 10.1. The van der Waals surface area contributed by atoms with Crippen LogP contribution < -0.4 is 0 Å². The summed E-state index contributed by atoms with van der Waals surface area (Å²) in [6.45, 7) is 5.97. The molecule has 0 radical (unpaired) electrons. The highest BCUT2D eigenvalue weighted by Gasteiger charge is 2.40. The summed E-state index contributed by atoms with van der Waals surface area (Å²) in [5.74, 6) is 0. The number of hydrogen-bond acceptors (Lipinski definition) is 0. The molecular formula is C14H22N+. The molecule has 0 amide bonds. The summed E-state index contributed by atoms with van der Waals surface area (Å²) < 4.78 is 1.21. The first kappa shape index (κ1) is 10.7. The predicted octanol–water partition coefficient (Wildman–Crippen LogP) is 3.20. The molecule has 1 aliphatic rings. The second-order valence-electron chi connectivity index (χ2n) is 5.27. The molecule has 1 saturated heterocycles. The van der Waals surface area contributed by atoms with Crippen LogP contribution in [0.3, 0.4) is 0 Å². The zero-order chi connectivity index (χ0) is 10.9. The van der Waals surface area contributed by atoms with Crippen LogP contribution in [0.4, 0.5) is 0 Å². The Morgan fingerprint density at radius 2 is 1.60 bits per heavy atom. The normalized spacial score (nSPS) is 35.7. The number of likely N-dealkylation sites (tertiary alicyclic amines) is 1. The van der Waals surface area contributed by atoms with Gasteiger partial charge in [0.2, 0.25) is 0 Å². The molecule has 0 N–H and O–H groups in total. The Hall–Kier alpha value is -0.820. The summed E-state index contributed by atoms with van der Waals surface area (Å²) in [5.41, 5.74) is 1.47. The average Bonchev–Trinajstić information content (AvgIpc) is 2.48. The van der Waals surface area contributed by atoms with Gasteiger partial charge in [-0.2, -0.15) is 0 Å². The van der Waals surface area contributed by atoms with Crippen LogP contribution in [0.1, 0.15) is 32.3 Å². The van der Waals surface area contributed by atoms with Crippen LogP contribution in [0, 0.1) is 0 Å². The molecule has 82 valence electrons. The van der Waals surface area contributed by atoms with Crippen molar-refractivity contribution in [2.75, 3.05) is 7.05 Å². The van der Waals surface area contributed by atoms with E-state index in [2.05, 4.69) is 51.2 Å². The molecule has 0 aromatic heterocycles. The Morgan fingerprint density at radius 3 is 2.13 bits per heavy atom. The van der Waals surface area contributed by atoms with E-state index in [1.807, 2.05) is 0 Å². The fourth-order valence-electron chi connectivity index (χ4n) is 2.80. The smallest absolute Gasteiger partial charge is 0.105 e. The van der Waals surface area contributed by atoms with Crippen molar-refractivity contribution in [1.29, 1.82) is 0 Å². The largest absolute Gasteiger partial charge is 0.318 e. The van der Waals surface area contributed by atoms with Crippen LogP contribution in [0.2, 0.25) is 0 Å². The van der Waals surface area contributed by atoms with Crippen LogP contribution in [0.15, 0.2) is 30.3 Å². The van der Waals surface area contributed by atoms with Gasteiger partial charge in [-0.1, -0.05) is 30.3 Å². The second kappa shape index (κ2) is 3.97. The van der Waals surface area contributed by atoms with Gasteiger partial charge < -0.3 is 4.48 Å². The number of hydrogen-bond donors (Lipinski definition) is 0. The van der Waals surface area contributed by atoms with Crippen molar-refractivity contribution in [2.45, 2.75) is 45.3 Å². The number of quaternary nitrogens is 1. The Bertz CT molecular complexity index is 307. The maximum atomic E-state index is 2.41. The lowest BCUT2D eigenvalue weighted by molar-refractivity contribution is -0.952. The molecule has 2 atom stereocenters. The molecule has 1 aromatic carbocycles. The predicted molar refractivity (Wildman–Crippen MR) is 64.5 cm³/mol. The molecule has 1 fully saturated rings. The summed E-state index contributed by atoms with van der Waals surface area (Å²) in [5, 5.41) is 0. The molecule has 15 heavy (non-hydrogen) atoms. The van der Waals surface area contributed by atoms with Crippen LogP contribution >= 0.6 is 0 Å². The van der Waals surface area contributed by atoms with Gasteiger partial charge in [0.25, 0.3) is 0 Å². The first-order valence-corrected chi connectivity index (χ1v) is 6.02. The highest BCUT2D eigenvalue weighted by molar-refractivity contribution is 5.13. The molecule has 1 heterocycles. The van der Waals surface area contributed by atoms with E-state index in [0.29, 0.717) is 0 Å². The molecule has 1 aliphatic heterocycles. The molecular weight excluding hydrogens is 182 g/mol. The fourth-order valence-corrected chi connectivity index (χ4v) is 2.80. The van der Waals surface area contributed by atoms with Crippen molar-refractivity contribution in [2.24, 2.45) is 0 Å². The van der Waals surface area contributed by atoms with Gasteiger partial charge in [0.1, 0.15) is 6.54 Å². The van der Waals surface area contributed by atoms with Crippen LogP contribution in [-0.2, 0) is 6.54 Å². The van der Waals surface area contributed by atoms with Crippen LogP contribution in [-0.4, -0.2) is 23.6 Å². The lowest BCUT2D eigenvalue weighted by Gasteiger charge is -2.39. The van der Waals surface area contributed by atoms with E-state index in [1.54, 1.807) is 0 Å². The van der Waals surface area contributed by atoms with Crippen molar-refractivity contribution in [3.8, 4) is 0 Å². The molecule has 1 nitrogen and oxygen atoms in total. The third-order valence-electron chi connectivity index (χ3n) is 4.38. The van der Waals surface area contributed by atoms with Gasteiger partial charge in [0.15, 0.2) is 0 Å². The Kier molecular flexibility index (Phi) is 2.83. The molecule has 2 rings (SSSR count).